The third-order valence-corrected chi connectivity index (χ3v) is 3.54. The number of rotatable bonds is 4. The minimum atomic E-state index is -3.47. The lowest BCUT2D eigenvalue weighted by atomic mass is 10.2. The quantitative estimate of drug-likeness (QED) is 0.784. The molecule has 5 heteroatoms. The first-order valence-corrected chi connectivity index (χ1v) is 7.76. The van der Waals surface area contributed by atoms with Gasteiger partial charge in [0.1, 0.15) is 0 Å². The predicted molar refractivity (Wildman–Crippen MR) is 67.2 cm³/mol. The largest absolute Gasteiger partial charge is 0.349 e. The van der Waals surface area contributed by atoms with Crippen LogP contribution in [0.3, 0.4) is 0 Å². The average Bonchev–Trinajstić information content (AvgIpc) is 2.29. The maximum Gasteiger partial charge on any atom is 0.236 e. The van der Waals surface area contributed by atoms with Crippen molar-refractivity contribution in [3.05, 3.63) is 23.0 Å². The second-order valence-electron chi connectivity index (χ2n) is 4.58. The summed E-state index contributed by atoms with van der Waals surface area (Å²) in [5.74, 6) is 0.442. The van der Waals surface area contributed by atoms with E-state index in [0.717, 1.165) is 23.5 Å². The molecule has 92 valence electrons. The summed E-state index contributed by atoms with van der Waals surface area (Å²) in [5, 5.41) is 0. The number of halogens is 1. The third-order valence-electron chi connectivity index (χ3n) is 2.55. The van der Waals surface area contributed by atoms with Gasteiger partial charge in [0.2, 0.25) is 9.05 Å². The van der Waals surface area contributed by atoms with Crippen molar-refractivity contribution < 1.29 is 8.42 Å². The molecule has 0 amide bonds. The summed E-state index contributed by atoms with van der Waals surface area (Å²) in [5.41, 5.74) is 2.88. The van der Waals surface area contributed by atoms with Gasteiger partial charge in [-0.05, 0) is 31.4 Å². The summed E-state index contributed by atoms with van der Waals surface area (Å²) >= 11 is 0. The van der Waals surface area contributed by atoms with Gasteiger partial charge in [-0.3, -0.25) is 0 Å². The Morgan fingerprint density at radius 3 is 2.38 bits per heavy atom. The van der Waals surface area contributed by atoms with Crippen molar-refractivity contribution in [2.75, 3.05) is 0 Å². The number of nitrogens with zero attached hydrogens (tertiary/aromatic N) is 1. The second kappa shape index (κ2) is 4.80. The highest BCUT2D eigenvalue weighted by atomic mass is 35.7. The first kappa shape index (κ1) is 13.6. The van der Waals surface area contributed by atoms with E-state index in [1.165, 1.54) is 0 Å². The van der Waals surface area contributed by atoms with Crippen molar-refractivity contribution in [3.8, 4) is 0 Å². The molecule has 0 bridgehead atoms. The summed E-state index contributed by atoms with van der Waals surface area (Å²) in [4.78, 5) is 0. The minimum Gasteiger partial charge on any atom is -0.349 e. The Morgan fingerprint density at radius 2 is 1.94 bits per heavy atom. The lowest BCUT2D eigenvalue weighted by Crippen LogP contribution is -2.08. The molecule has 0 fully saturated rings. The van der Waals surface area contributed by atoms with Gasteiger partial charge in [-0.25, -0.2) is 8.42 Å². The van der Waals surface area contributed by atoms with Gasteiger partial charge < -0.3 is 4.57 Å². The molecule has 0 saturated carbocycles. The van der Waals surface area contributed by atoms with Gasteiger partial charge in [0.05, 0.1) is 5.75 Å². The van der Waals surface area contributed by atoms with Gasteiger partial charge in [0.15, 0.2) is 0 Å². The van der Waals surface area contributed by atoms with E-state index in [-0.39, 0.29) is 5.75 Å². The molecule has 0 atom stereocenters. The summed E-state index contributed by atoms with van der Waals surface area (Å²) in [6.07, 6.45) is 0. The molecular formula is C11H18ClNO2S. The fourth-order valence-corrected chi connectivity index (χ4v) is 2.87. The molecule has 1 heterocycles. The molecule has 0 aliphatic heterocycles. The number of aromatic nitrogens is 1. The molecule has 1 rings (SSSR count). The van der Waals surface area contributed by atoms with Crippen LogP contribution in [0.25, 0.3) is 0 Å². The lowest BCUT2D eigenvalue weighted by Gasteiger charge is -2.12. The molecule has 0 N–H and O–H groups in total. The smallest absolute Gasteiger partial charge is 0.236 e. The number of aryl methyl sites for hydroxylation is 1. The Hall–Kier alpha value is -0.480. The van der Waals surface area contributed by atoms with Crippen molar-refractivity contribution in [1.82, 2.24) is 4.57 Å². The number of hydrogen-bond acceptors (Lipinski definition) is 2. The van der Waals surface area contributed by atoms with Crippen LogP contribution in [-0.2, 0) is 21.3 Å². The van der Waals surface area contributed by atoms with Crippen LogP contribution in [0.5, 0.6) is 0 Å². The summed E-state index contributed by atoms with van der Waals surface area (Å²) in [6, 6.07) is 1.90. The first-order valence-electron chi connectivity index (χ1n) is 5.28. The van der Waals surface area contributed by atoms with Gasteiger partial charge in [-0.1, -0.05) is 13.8 Å². The molecule has 0 aromatic carbocycles. The Labute approximate surface area is 102 Å². The fraction of sp³-hybridized carbons (Fsp3) is 0.636. The zero-order valence-corrected chi connectivity index (χ0v) is 11.7. The Bertz CT molecular complexity index is 474. The molecular weight excluding hydrogens is 246 g/mol. The molecule has 0 unspecified atom stereocenters. The molecule has 0 aliphatic carbocycles. The van der Waals surface area contributed by atoms with Crippen LogP contribution in [0.4, 0.5) is 0 Å². The van der Waals surface area contributed by atoms with Gasteiger partial charge >= 0.3 is 0 Å². The topological polar surface area (TPSA) is 39.1 Å². The fourth-order valence-electron chi connectivity index (χ4n) is 1.85. The first-order chi connectivity index (χ1) is 7.20. The molecule has 1 aromatic rings. The monoisotopic (exact) mass is 263 g/mol. The van der Waals surface area contributed by atoms with Gasteiger partial charge in [0.25, 0.3) is 0 Å². The van der Waals surface area contributed by atoms with E-state index in [9.17, 15) is 8.42 Å². The van der Waals surface area contributed by atoms with Crippen molar-refractivity contribution in [1.29, 1.82) is 0 Å². The molecule has 0 spiro atoms. The third kappa shape index (κ3) is 3.52. The summed E-state index contributed by atoms with van der Waals surface area (Å²) in [7, 11) is 1.80. The SMILES string of the molecule is Cc1cc(CS(=O)(=O)Cl)c(C)n1CC(C)C. The number of hydrogen-bond donors (Lipinski definition) is 0. The zero-order chi connectivity index (χ0) is 12.5. The van der Waals surface area contributed by atoms with Crippen molar-refractivity contribution in [2.45, 2.75) is 40.0 Å². The molecule has 3 nitrogen and oxygen atoms in total. The average molecular weight is 264 g/mol. The van der Waals surface area contributed by atoms with E-state index in [4.69, 9.17) is 10.7 Å². The van der Waals surface area contributed by atoms with E-state index >= 15 is 0 Å². The normalized spacial score (nSPS) is 12.4. The maximum absolute atomic E-state index is 11.1. The highest BCUT2D eigenvalue weighted by Gasteiger charge is 2.15. The minimum absolute atomic E-state index is 0.0909. The Balaban J connectivity index is 3.06. The Kier molecular flexibility index (Phi) is 4.07. The van der Waals surface area contributed by atoms with Crippen LogP contribution in [0.1, 0.15) is 30.8 Å². The van der Waals surface area contributed by atoms with Crippen LogP contribution in [0, 0.1) is 19.8 Å². The molecule has 1 aromatic heterocycles. The van der Waals surface area contributed by atoms with Gasteiger partial charge in [0, 0.05) is 28.6 Å². The van der Waals surface area contributed by atoms with E-state index in [1.54, 1.807) is 0 Å². The van der Waals surface area contributed by atoms with E-state index in [1.807, 2.05) is 19.9 Å². The molecule has 16 heavy (non-hydrogen) atoms. The van der Waals surface area contributed by atoms with E-state index in [0.29, 0.717) is 5.92 Å². The van der Waals surface area contributed by atoms with Crippen LogP contribution in [-0.4, -0.2) is 13.0 Å². The van der Waals surface area contributed by atoms with E-state index < -0.39 is 9.05 Å². The molecule has 0 saturated heterocycles. The maximum atomic E-state index is 11.1. The van der Waals surface area contributed by atoms with Crippen LogP contribution < -0.4 is 0 Å². The highest BCUT2D eigenvalue weighted by Crippen LogP contribution is 2.20. The summed E-state index contributed by atoms with van der Waals surface area (Å²) < 4.78 is 24.2. The van der Waals surface area contributed by atoms with E-state index in [2.05, 4.69) is 18.4 Å². The zero-order valence-electron chi connectivity index (χ0n) is 10.1. The van der Waals surface area contributed by atoms with Crippen molar-refractivity contribution in [3.63, 3.8) is 0 Å². The van der Waals surface area contributed by atoms with Crippen molar-refractivity contribution in [2.24, 2.45) is 5.92 Å². The lowest BCUT2D eigenvalue weighted by molar-refractivity contribution is 0.508. The van der Waals surface area contributed by atoms with Crippen molar-refractivity contribution >= 4 is 19.7 Å². The molecule has 0 radical (unpaired) electrons. The standard InChI is InChI=1S/C11H18ClNO2S/c1-8(2)6-13-9(3)5-11(10(13)4)7-16(12,14)15/h5,8H,6-7H2,1-4H3. The van der Waals surface area contributed by atoms with Crippen LogP contribution >= 0.6 is 10.7 Å². The predicted octanol–water partition coefficient (Wildman–Crippen LogP) is 2.83. The highest BCUT2D eigenvalue weighted by molar-refractivity contribution is 8.13. The van der Waals surface area contributed by atoms with Gasteiger partial charge in [-0.15, -0.1) is 0 Å². The molecule has 0 aliphatic rings. The Morgan fingerprint density at radius 1 is 1.38 bits per heavy atom. The van der Waals surface area contributed by atoms with Crippen LogP contribution in [0.15, 0.2) is 6.07 Å². The van der Waals surface area contributed by atoms with Gasteiger partial charge in [-0.2, -0.15) is 0 Å². The van der Waals surface area contributed by atoms with Crippen LogP contribution in [0.2, 0.25) is 0 Å². The second-order valence-corrected chi connectivity index (χ2v) is 7.36. The summed E-state index contributed by atoms with van der Waals surface area (Å²) in [6.45, 7) is 9.10.